The normalized spacial score (nSPS) is 9.23. The average molecular weight is 185 g/mol. The lowest BCUT2D eigenvalue weighted by molar-refractivity contribution is -0.120. The van der Waals surface area contributed by atoms with Crippen LogP contribution in [0.5, 0.6) is 0 Å². The highest BCUT2D eigenvalue weighted by Gasteiger charge is 1.97. The molecule has 0 spiro atoms. The minimum Gasteiger partial charge on any atom is -0.383 e. The highest BCUT2D eigenvalue weighted by Crippen LogP contribution is 1.71. The molecular weight excluding hydrogens is 170 g/mol. The van der Waals surface area contributed by atoms with Crippen LogP contribution in [0.4, 0.5) is 0 Å². The van der Waals surface area contributed by atoms with Crippen LogP contribution in [0.1, 0.15) is 6.42 Å². The number of nitriles is 1. The molecule has 5 heteroatoms. The summed E-state index contributed by atoms with van der Waals surface area (Å²) in [5, 5.41) is 13.7. The summed E-state index contributed by atoms with van der Waals surface area (Å²) in [6, 6.07) is 1.98. The van der Waals surface area contributed by atoms with E-state index in [4.69, 9.17) is 10.00 Å². The van der Waals surface area contributed by atoms with Crippen molar-refractivity contribution < 1.29 is 9.53 Å². The second-order valence-electron chi connectivity index (χ2n) is 2.43. The van der Waals surface area contributed by atoms with Crippen LogP contribution in [0, 0.1) is 11.3 Å². The first kappa shape index (κ1) is 11.9. The molecule has 2 N–H and O–H groups in total. The number of rotatable bonds is 7. The van der Waals surface area contributed by atoms with E-state index in [1.165, 1.54) is 0 Å². The van der Waals surface area contributed by atoms with Crippen LogP contribution in [0.3, 0.4) is 0 Å². The number of nitrogens with zero attached hydrogens (tertiary/aromatic N) is 1. The molecule has 0 heterocycles. The molecule has 74 valence electrons. The first-order valence-corrected chi connectivity index (χ1v) is 4.14. The van der Waals surface area contributed by atoms with Crippen molar-refractivity contribution in [1.82, 2.24) is 10.6 Å². The van der Waals surface area contributed by atoms with Crippen LogP contribution in [0.2, 0.25) is 0 Å². The molecule has 0 rings (SSSR count). The number of carbonyl (C=O) groups excluding carboxylic acids is 1. The first-order valence-electron chi connectivity index (χ1n) is 4.14. The van der Waals surface area contributed by atoms with Crippen molar-refractivity contribution in [2.24, 2.45) is 0 Å². The molecule has 13 heavy (non-hydrogen) atoms. The molecule has 0 aromatic rings. The Labute approximate surface area is 78.1 Å². The fraction of sp³-hybridized carbons (Fsp3) is 0.750. The standard InChI is InChI=1S/C8H15N3O2/c1-13-6-5-11-8(12)7-10-4-2-3-9/h10H,2,4-7H2,1H3,(H,11,12). The fourth-order valence-corrected chi connectivity index (χ4v) is 0.701. The molecule has 0 saturated heterocycles. The SMILES string of the molecule is COCCNC(=O)CNCCC#N. The van der Waals surface area contributed by atoms with Gasteiger partial charge in [-0.15, -0.1) is 0 Å². The van der Waals surface area contributed by atoms with Crippen molar-refractivity contribution in [2.75, 3.05) is 33.4 Å². The van der Waals surface area contributed by atoms with Gasteiger partial charge >= 0.3 is 0 Å². The Bertz CT molecular complexity index is 177. The number of hydrogen-bond donors (Lipinski definition) is 2. The zero-order chi connectivity index (χ0) is 9.94. The Morgan fingerprint density at radius 1 is 1.54 bits per heavy atom. The zero-order valence-electron chi connectivity index (χ0n) is 7.80. The van der Waals surface area contributed by atoms with E-state index in [9.17, 15) is 4.79 Å². The van der Waals surface area contributed by atoms with Gasteiger partial charge in [-0.2, -0.15) is 5.26 Å². The Hall–Kier alpha value is -1.12. The third-order valence-electron chi connectivity index (χ3n) is 1.33. The van der Waals surface area contributed by atoms with Crippen molar-refractivity contribution in [1.29, 1.82) is 5.26 Å². The van der Waals surface area contributed by atoms with Crippen molar-refractivity contribution in [3.63, 3.8) is 0 Å². The fourth-order valence-electron chi connectivity index (χ4n) is 0.701. The second-order valence-corrected chi connectivity index (χ2v) is 2.43. The number of nitrogens with one attached hydrogen (secondary N) is 2. The van der Waals surface area contributed by atoms with Gasteiger partial charge < -0.3 is 15.4 Å². The predicted molar refractivity (Wildman–Crippen MR) is 48.0 cm³/mol. The highest BCUT2D eigenvalue weighted by molar-refractivity contribution is 5.77. The van der Waals surface area contributed by atoms with Crippen molar-refractivity contribution in [2.45, 2.75) is 6.42 Å². The van der Waals surface area contributed by atoms with Gasteiger partial charge in [0.1, 0.15) is 0 Å². The van der Waals surface area contributed by atoms with Gasteiger partial charge in [-0.25, -0.2) is 0 Å². The smallest absolute Gasteiger partial charge is 0.234 e. The van der Waals surface area contributed by atoms with Gasteiger partial charge in [0, 0.05) is 26.6 Å². The summed E-state index contributed by atoms with van der Waals surface area (Å²) in [4.78, 5) is 11.0. The predicted octanol–water partition coefficient (Wildman–Crippen LogP) is -0.748. The van der Waals surface area contributed by atoms with E-state index in [-0.39, 0.29) is 12.5 Å². The number of methoxy groups -OCH3 is 1. The lowest BCUT2D eigenvalue weighted by atomic mass is 10.4. The van der Waals surface area contributed by atoms with Crippen LogP contribution in [0.15, 0.2) is 0 Å². The van der Waals surface area contributed by atoms with E-state index < -0.39 is 0 Å². The van der Waals surface area contributed by atoms with E-state index in [0.717, 1.165) is 0 Å². The molecule has 0 radical (unpaired) electrons. The summed E-state index contributed by atoms with van der Waals surface area (Å²) in [5.74, 6) is -0.0741. The summed E-state index contributed by atoms with van der Waals surface area (Å²) in [6.07, 6.45) is 0.422. The maximum atomic E-state index is 11.0. The molecule has 1 amide bonds. The van der Waals surface area contributed by atoms with E-state index in [1.807, 2.05) is 6.07 Å². The maximum absolute atomic E-state index is 11.0. The summed E-state index contributed by atoms with van der Waals surface area (Å²) in [6.45, 7) is 1.85. The van der Waals surface area contributed by atoms with Gasteiger partial charge in [-0.05, 0) is 0 Å². The van der Waals surface area contributed by atoms with Crippen LogP contribution < -0.4 is 10.6 Å². The third kappa shape index (κ3) is 8.79. The zero-order valence-corrected chi connectivity index (χ0v) is 7.80. The van der Waals surface area contributed by atoms with Gasteiger partial charge in [0.25, 0.3) is 0 Å². The van der Waals surface area contributed by atoms with Crippen LogP contribution >= 0.6 is 0 Å². The number of ether oxygens (including phenoxy) is 1. The Morgan fingerprint density at radius 3 is 2.92 bits per heavy atom. The number of hydrogen-bond acceptors (Lipinski definition) is 4. The summed E-state index contributed by atoms with van der Waals surface area (Å²) >= 11 is 0. The molecule has 0 fully saturated rings. The topological polar surface area (TPSA) is 74.2 Å². The van der Waals surface area contributed by atoms with E-state index in [1.54, 1.807) is 7.11 Å². The molecule has 0 aliphatic carbocycles. The Balaban J connectivity index is 3.16. The largest absolute Gasteiger partial charge is 0.383 e. The van der Waals surface area contributed by atoms with Gasteiger partial charge in [-0.3, -0.25) is 4.79 Å². The van der Waals surface area contributed by atoms with Crippen LogP contribution in [-0.2, 0) is 9.53 Å². The molecule has 0 unspecified atom stereocenters. The molecular formula is C8H15N3O2. The van der Waals surface area contributed by atoms with Gasteiger partial charge in [0.05, 0.1) is 19.2 Å². The van der Waals surface area contributed by atoms with Crippen LogP contribution in [-0.4, -0.2) is 39.3 Å². The molecule has 0 aromatic carbocycles. The number of amides is 1. The van der Waals surface area contributed by atoms with Gasteiger partial charge in [0.15, 0.2) is 0 Å². The average Bonchev–Trinajstić information content (AvgIpc) is 2.13. The third-order valence-corrected chi connectivity index (χ3v) is 1.33. The van der Waals surface area contributed by atoms with Crippen molar-refractivity contribution >= 4 is 5.91 Å². The Morgan fingerprint density at radius 2 is 2.31 bits per heavy atom. The van der Waals surface area contributed by atoms with Crippen molar-refractivity contribution in [3.8, 4) is 6.07 Å². The van der Waals surface area contributed by atoms with Crippen molar-refractivity contribution in [3.05, 3.63) is 0 Å². The lowest BCUT2D eigenvalue weighted by Gasteiger charge is -2.04. The molecule has 0 aliphatic heterocycles. The minimum atomic E-state index is -0.0741. The van der Waals surface area contributed by atoms with Crippen LogP contribution in [0.25, 0.3) is 0 Å². The second kappa shape index (κ2) is 8.97. The van der Waals surface area contributed by atoms with E-state index in [2.05, 4.69) is 10.6 Å². The monoisotopic (exact) mass is 185 g/mol. The summed E-state index contributed by atoms with van der Waals surface area (Å²) in [5.41, 5.74) is 0. The summed E-state index contributed by atoms with van der Waals surface area (Å²) in [7, 11) is 1.58. The molecule has 0 saturated carbocycles. The quantitative estimate of drug-likeness (QED) is 0.512. The van der Waals surface area contributed by atoms with Gasteiger partial charge in [-0.1, -0.05) is 0 Å². The lowest BCUT2D eigenvalue weighted by Crippen LogP contribution is -2.35. The molecule has 5 nitrogen and oxygen atoms in total. The van der Waals surface area contributed by atoms with E-state index >= 15 is 0 Å². The number of carbonyl (C=O) groups is 1. The molecule has 0 aromatic heterocycles. The maximum Gasteiger partial charge on any atom is 0.234 e. The first-order chi connectivity index (χ1) is 6.31. The molecule has 0 aliphatic rings. The van der Waals surface area contributed by atoms with E-state index in [0.29, 0.717) is 26.1 Å². The minimum absolute atomic E-state index is 0.0741. The molecule has 0 atom stereocenters. The van der Waals surface area contributed by atoms with Gasteiger partial charge in [0.2, 0.25) is 5.91 Å². The summed E-state index contributed by atoms with van der Waals surface area (Å²) < 4.78 is 4.76. The highest BCUT2D eigenvalue weighted by atomic mass is 16.5. The molecule has 0 bridgehead atoms. The Kier molecular flexibility index (Phi) is 8.20.